The van der Waals surface area contributed by atoms with Crippen molar-refractivity contribution in [1.29, 1.82) is 0 Å². The second-order valence-electron chi connectivity index (χ2n) is 5.12. The van der Waals surface area contributed by atoms with Gasteiger partial charge in [0.05, 0.1) is 16.3 Å². The van der Waals surface area contributed by atoms with E-state index in [0.717, 1.165) is 21.8 Å². The molecule has 3 rings (SSSR count). The second-order valence-corrected chi connectivity index (χ2v) is 7.57. The number of aromatic nitrogens is 1. The summed E-state index contributed by atoms with van der Waals surface area (Å²) in [6, 6.07) is 9.81. The Morgan fingerprint density at radius 1 is 1.35 bits per heavy atom. The molecule has 2 heterocycles. The van der Waals surface area contributed by atoms with Gasteiger partial charge in [0, 0.05) is 18.5 Å². The molecule has 120 valence electrons. The highest BCUT2D eigenvalue weighted by Gasteiger charge is 2.13. The van der Waals surface area contributed by atoms with E-state index >= 15 is 0 Å². The number of rotatable bonds is 6. The molecule has 0 saturated heterocycles. The van der Waals surface area contributed by atoms with Crippen LogP contribution in [0.15, 0.2) is 35.7 Å². The van der Waals surface area contributed by atoms with Gasteiger partial charge in [-0.25, -0.2) is 4.98 Å². The third kappa shape index (κ3) is 4.02. The van der Waals surface area contributed by atoms with Crippen LogP contribution in [0.4, 0.5) is 5.13 Å². The summed E-state index contributed by atoms with van der Waals surface area (Å²) < 4.78 is 1.03. The van der Waals surface area contributed by atoms with Gasteiger partial charge in [0.25, 0.3) is 0 Å². The Hall–Kier alpha value is -1.63. The van der Waals surface area contributed by atoms with Gasteiger partial charge in [0.2, 0.25) is 5.91 Å². The Morgan fingerprint density at radius 2 is 2.22 bits per heavy atom. The maximum absolute atomic E-state index is 12.0. The predicted molar refractivity (Wildman–Crippen MR) is 98.9 cm³/mol. The second kappa shape index (κ2) is 7.29. The number of carbonyl (C=O) groups is 1. The van der Waals surface area contributed by atoms with Gasteiger partial charge >= 0.3 is 0 Å². The number of thiazole rings is 1. The van der Waals surface area contributed by atoms with E-state index in [1.807, 2.05) is 41.6 Å². The van der Waals surface area contributed by atoms with Crippen LogP contribution in [-0.4, -0.2) is 31.0 Å². The third-order valence-corrected chi connectivity index (χ3v) is 5.72. The Kier molecular flexibility index (Phi) is 5.15. The molecule has 7 heteroatoms. The smallest absolute Gasteiger partial charge is 0.239 e. The summed E-state index contributed by atoms with van der Waals surface area (Å²) >= 11 is 9.39. The standard InChI is InChI=1S/C16H16ClN3OS2/c1-20(10-14(21)18-8-7-11-4-3-9-22-11)16-19-15-12(17)5-2-6-13(15)23-16/h2-6,9H,7-8,10H2,1H3,(H,18,21). The lowest BCUT2D eigenvalue weighted by atomic mass is 10.3. The lowest BCUT2D eigenvalue weighted by Crippen LogP contribution is -2.36. The molecule has 0 aliphatic carbocycles. The van der Waals surface area contributed by atoms with Gasteiger partial charge in [-0.3, -0.25) is 4.79 Å². The van der Waals surface area contributed by atoms with Crippen LogP contribution < -0.4 is 10.2 Å². The number of halogens is 1. The van der Waals surface area contributed by atoms with Crippen LogP contribution in [0.2, 0.25) is 5.02 Å². The van der Waals surface area contributed by atoms with Crippen LogP contribution in [0.3, 0.4) is 0 Å². The summed E-state index contributed by atoms with van der Waals surface area (Å²) in [5.41, 5.74) is 0.791. The molecule has 1 aromatic carbocycles. The zero-order valence-corrected chi connectivity index (χ0v) is 15.0. The van der Waals surface area contributed by atoms with Crippen molar-refractivity contribution in [2.24, 2.45) is 0 Å². The van der Waals surface area contributed by atoms with Gasteiger partial charge in [-0.1, -0.05) is 35.1 Å². The van der Waals surface area contributed by atoms with Crippen LogP contribution >= 0.6 is 34.3 Å². The lowest BCUT2D eigenvalue weighted by Gasteiger charge is -2.15. The van der Waals surface area contributed by atoms with Gasteiger partial charge in [0.15, 0.2) is 5.13 Å². The van der Waals surface area contributed by atoms with Crippen molar-refractivity contribution in [2.75, 3.05) is 25.0 Å². The van der Waals surface area contributed by atoms with Crippen molar-refractivity contribution in [3.05, 3.63) is 45.6 Å². The number of para-hydroxylation sites is 1. The van der Waals surface area contributed by atoms with Crippen molar-refractivity contribution in [3.63, 3.8) is 0 Å². The number of hydrogen-bond donors (Lipinski definition) is 1. The molecular weight excluding hydrogens is 350 g/mol. The largest absolute Gasteiger partial charge is 0.354 e. The molecule has 3 aromatic rings. The fraction of sp³-hybridized carbons (Fsp3) is 0.250. The summed E-state index contributed by atoms with van der Waals surface area (Å²) in [6.45, 7) is 0.931. The summed E-state index contributed by atoms with van der Waals surface area (Å²) in [5, 5.41) is 6.42. The first-order valence-electron chi connectivity index (χ1n) is 7.19. The molecule has 0 atom stereocenters. The van der Waals surface area contributed by atoms with Gasteiger partial charge in [-0.2, -0.15) is 0 Å². The fourth-order valence-electron chi connectivity index (χ4n) is 2.19. The number of hydrogen-bond acceptors (Lipinski definition) is 5. The topological polar surface area (TPSA) is 45.2 Å². The molecule has 1 N–H and O–H groups in total. The van der Waals surface area contributed by atoms with E-state index in [2.05, 4.69) is 16.4 Å². The summed E-state index contributed by atoms with van der Waals surface area (Å²) in [7, 11) is 1.87. The van der Waals surface area contributed by atoms with Crippen LogP contribution in [0.25, 0.3) is 10.2 Å². The van der Waals surface area contributed by atoms with E-state index in [9.17, 15) is 4.79 Å². The van der Waals surface area contributed by atoms with Crippen molar-refractivity contribution >= 4 is 55.5 Å². The van der Waals surface area contributed by atoms with Crippen LogP contribution in [-0.2, 0) is 11.2 Å². The Morgan fingerprint density at radius 3 is 2.96 bits per heavy atom. The molecule has 0 unspecified atom stereocenters. The SMILES string of the molecule is CN(CC(=O)NCCc1cccs1)c1nc2c(Cl)cccc2s1. The van der Waals surface area contributed by atoms with E-state index in [1.54, 1.807) is 11.3 Å². The normalized spacial score (nSPS) is 10.9. The minimum absolute atomic E-state index is 0.00518. The molecule has 0 bridgehead atoms. The highest BCUT2D eigenvalue weighted by molar-refractivity contribution is 7.22. The zero-order valence-electron chi connectivity index (χ0n) is 12.6. The molecular formula is C16H16ClN3OS2. The number of amides is 1. The molecule has 4 nitrogen and oxygen atoms in total. The fourth-order valence-corrected chi connectivity index (χ4v) is 4.12. The van der Waals surface area contributed by atoms with E-state index in [0.29, 0.717) is 11.6 Å². The molecule has 0 fully saturated rings. The first-order chi connectivity index (χ1) is 11.1. The summed E-state index contributed by atoms with van der Waals surface area (Å²) in [5.74, 6) is -0.00518. The van der Waals surface area contributed by atoms with Gasteiger partial charge in [-0.15, -0.1) is 11.3 Å². The minimum Gasteiger partial charge on any atom is -0.354 e. The number of benzene rings is 1. The maximum atomic E-state index is 12.0. The molecule has 0 aliphatic heterocycles. The van der Waals surface area contributed by atoms with Crippen molar-refractivity contribution in [3.8, 4) is 0 Å². The Labute approximate surface area is 147 Å². The number of nitrogens with one attached hydrogen (secondary N) is 1. The molecule has 2 aromatic heterocycles. The lowest BCUT2D eigenvalue weighted by molar-refractivity contribution is -0.119. The predicted octanol–water partition coefficient (Wildman–Crippen LogP) is 3.81. The number of thiophene rings is 1. The van der Waals surface area contributed by atoms with E-state index in [1.165, 1.54) is 16.2 Å². The first kappa shape index (κ1) is 16.2. The van der Waals surface area contributed by atoms with E-state index < -0.39 is 0 Å². The minimum atomic E-state index is -0.00518. The Bertz CT molecular complexity index is 801. The molecule has 0 aliphatic rings. The zero-order chi connectivity index (χ0) is 16.2. The summed E-state index contributed by atoms with van der Waals surface area (Å²) in [4.78, 5) is 19.7. The van der Waals surface area contributed by atoms with Gasteiger partial charge in [-0.05, 0) is 30.0 Å². The number of likely N-dealkylation sites (N-methyl/N-ethyl adjacent to an activating group) is 1. The summed E-state index contributed by atoms with van der Waals surface area (Å²) in [6.07, 6.45) is 0.865. The maximum Gasteiger partial charge on any atom is 0.239 e. The number of carbonyl (C=O) groups excluding carboxylic acids is 1. The monoisotopic (exact) mass is 365 g/mol. The van der Waals surface area contributed by atoms with Crippen molar-refractivity contribution < 1.29 is 4.79 Å². The highest BCUT2D eigenvalue weighted by Crippen LogP contribution is 2.32. The van der Waals surface area contributed by atoms with E-state index in [-0.39, 0.29) is 12.5 Å². The number of fused-ring (bicyclic) bond motifs is 1. The molecule has 0 saturated carbocycles. The number of anilines is 1. The highest BCUT2D eigenvalue weighted by atomic mass is 35.5. The van der Waals surface area contributed by atoms with Crippen molar-refractivity contribution in [2.45, 2.75) is 6.42 Å². The molecule has 23 heavy (non-hydrogen) atoms. The van der Waals surface area contributed by atoms with Gasteiger partial charge in [0.1, 0.15) is 5.52 Å². The Balaban J connectivity index is 1.55. The molecule has 0 spiro atoms. The van der Waals surface area contributed by atoms with Crippen LogP contribution in [0.1, 0.15) is 4.88 Å². The first-order valence-corrected chi connectivity index (χ1v) is 9.26. The van der Waals surface area contributed by atoms with E-state index in [4.69, 9.17) is 11.6 Å². The van der Waals surface area contributed by atoms with Gasteiger partial charge < -0.3 is 10.2 Å². The van der Waals surface area contributed by atoms with Crippen LogP contribution in [0, 0.1) is 0 Å². The number of nitrogens with zero attached hydrogens (tertiary/aromatic N) is 2. The average molecular weight is 366 g/mol. The van der Waals surface area contributed by atoms with Crippen molar-refractivity contribution in [1.82, 2.24) is 10.3 Å². The quantitative estimate of drug-likeness (QED) is 0.722. The average Bonchev–Trinajstić information content (AvgIpc) is 3.16. The van der Waals surface area contributed by atoms with Crippen LogP contribution in [0.5, 0.6) is 0 Å². The molecule has 1 amide bonds. The molecule has 0 radical (unpaired) electrons. The third-order valence-electron chi connectivity index (χ3n) is 3.34.